The first-order chi connectivity index (χ1) is 15.1. The lowest BCUT2D eigenvalue weighted by Gasteiger charge is -2.50. The predicted molar refractivity (Wildman–Crippen MR) is 119 cm³/mol. The number of anilines is 1. The summed E-state index contributed by atoms with van der Waals surface area (Å²) < 4.78 is 0. The number of amides is 1. The molecule has 3 atom stereocenters. The number of pyridine rings is 2. The summed E-state index contributed by atoms with van der Waals surface area (Å²) in [6, 6.07) is 8.07. The number of aromatic nitrogens is 4. The summed E-state index contributed by atoms with van der Waals surface area (Å²) in [5.74, 6) is 1.85. The van der Waals surface area contributed by atoms with Crippen molar-refractivity contribution in [1.82, 2.24) is 24.8 Å². The molecule has 0 aromatic carbocycles. The minimum atomic E-state index is 0.0109. The Balaban J connectivity index is 1.44. The molecule has 0 spiro atoms. The molecule has 1 aliphatic carbocycles. The van der Waals surface area contributed by atoms with Crippen LogP contribution in [0.3, 0.4) is 0 Å². The number of aryl methyl sites for hydroxylation is 2. The highest BCUT2D eigenvalue weighted by atomic mass is 16.2. The Morgan fingerprint density at radius 3 is 2.58 bits per heavy atom. The third-order valence-corrected chi connectivity index (χ3v) is 6.32. The van der Waals surface area contributed by atoms with Crippen LogP contribution in [0.5, 0.6) is 0 Å². The van der Waals surface area contributed by atoms with Crippen LogP contribution in [0.15, 0.2) is 49.1 Å². The molecule has 7 heteroatoms. The van der Waals surface area contributed by atoms with Gasteiger partial charge in [0, 0.05) is 37.4 Å². The normalized spacial score (nSPS) is 22.4. The lowest BCUT2D eigenvalue weighted by Crippen LogP contribution is -2.59. The molecule has 3 aromatic rings. The van der Waals surface area contributed by atoms with Gasteiger partial charge in [-0.05, 0) is 68.4 Å². The maximum absolute atomic E-state index is 13.8. The fourth-order valence-electron chi connectivity index (χ4n) is 4.81. The molecule has 0 radical (unpaired) electrons. The first-order valence-electron chi connectivity index (χ1n) is 10.8. The Kier molecular flexibility index (Phi) is 5.10. The van der Waals surface area contributed by atoms with Gasteiger partial charge in [-0.25, -0.2) is 15.0 Å². The number of hydrogen-bond acceptors (Lipinski definition) is 6. The van der Waals surface area contributed by atoms with Crippen molar-refractivity contribution >= 4 is 11.7 Å². The third kappa shape index (κ3) is 3.87. The molecule has 0 unspecified atom stereocenters. The zero-order valence-corrected chi connectivity index (χ0v) is 17.8. The van der Waals surface area contributed by atoms with Crippen molar-refractivity contribution < 1.29 is 4.79 Å². The lowest BCUT2D eigenvalue weighted by atomic mass is 9.76. The third-order valence-electron chi connectivity index (χ3n) is 6.32. The molecule has 2 saturated heterocycles. The van der Waals surface area contributed by atoms with Crippen molar-refractivity contribution in [3.63, 3.8) is 0 Å². The minimum absolute atomic E-state index is 0.0109. The number of rotatable bonds is 4. The van der Waals surface area contributed by atoms with E-state index < -0.39 is 0 Å². The van der Waals surface area contributed by atoms with Crippen molar-refractivity contribution in [1.29, 1.82) is 0 Å². The molecular weight excluding hydrogens is 388 g/mol. The first-order valence-corrected chi connectivity index (χ1v) is 10.8. The second-order valence-electron chi connectivity index (χ2n) is 8.66. The smallest absolute Gasteiger partial charge is 0.256 e. The Bertz CT molecular complexity index is 1080. The van der Waals surface area contributed by atoms with Gasteiger partial charge in [0.05, 0.1) is 11.6 Å². The van der Waals surface area contributed by atoms with Gasteiger partial charge in [-0.1, -0.05) is 6.07 Å². The van der Waals surface area contributed by atoms with Gasteiger partial charge in [-0.15, -0.1) is 0 Å². The number of piperidine rings is 2. The summed E-state index contributed by atoms with van der Waals surface area (Å²) in [6.07, 6.45) is 10.2. The Labute approximate surface area is 182 Å². The van der Waals surface area contributed by atoms with Crippen LogP contribution < -0.4 is 5.32 Å². The Morgan fingerprint density at radius 2 is 1.84 bits per heavy atom. The number of carbonyl (C=O) groups excluding carboxylic acids is 1. The summed E-state index contributed by atoms with van der Waals surface area (Å²) in [7, 11) is 0. The van der Waals surface area contributed by atoms with Gasteiger partial charge in [0.2, 0.25) is 0 Å². The molecule has 5 heterocycles. The molecule has 2 bridgehead atoms. The molecule has 3 fully saturated rings. The molecule has 7 nitrogen and oxygen atoms in total. The maximum atomic E-state index is 13.8. The molecule has 1 N–H and O–H groups in total. The molecular formula is C24H26N6O. The molecule has 3 aromatic heterocycles. The summed E-state index contributed by atoms with van der Waals surface area (Å²) in [5.41, 5.74) is 3.20. The molecule has 31 heavy (non-hydrogen) atoms. The van der Waals surface area contributed by atoms with E-state index >= 15 is 0 Å². The van der Waals surface area contributed by atoms with E-state index in [4.69, 9.17) is 0 Å². The average Bonchev–Trinajstić information content (AvgIpc) is 2.81. The minimum Gasteiger partial charge on any atom is -0.365 e. The Hall–Kier alpha value is -3.35. The zero-order valence-electron chi connectivity index (χ0n) is 17.8. The maximum Gasteiger partial charge on any atom is 0.256 e. The van der Waals surface area contributed by atoms with Gasteiger partial charge >= 0.3 is 0 Å². The monoisotopic (exact) mass is 414 g/mol. The van der Waals surface area contributed by atoms with E-state index in [1.165, 1.54) is 0 Å². The van der Waals surface area contributed by atoms with E-state index in [1.54, 1.807) is 24.7 Å². The SMILES string of the molecule is Cc1ccc(N[C@@H]2C[C@H]3CC[C@@H]2N(C(=O)c2cc(C)cnc2-c2ncccn2)C3)nc1. The largest absolute Gasteiger partial charge is 0.365 e. The van der Waals surface area contributed by atoms with Crippen molar-refractivity contribution in [2.24, 2.45) is 5.92 Å². The lowest BCUT2D eigenvalue weighted by molar-refractivity contribution is 0.0282. The number of fused-ring (bicyclic) bond motifs is 3. The van der Waals surface area contributed by atoms with Crippen LogP contribution in [0.25, 0.3) is 11.5 Å². The predicted octanol–water partition coefficient (Wildman–Crippen LogP) is 3.66. The van der Waals surface area contributed by atoms with Crippen molar-refractivity contribution in [3.8, 4) is 11.5 Å². The second kappa shape index (κ2) is 8.06. The van der Waals surface area contributed by atoms with Gasteiger partial charge in [0.25, 0.3) is 5.91 Å². The molecule has 6 rings (SSSR count). The highest BCUT2D eigenvalue weighted by Gasteiger charge is 2.43. The highest BCUT2D eigenvalue weighted by Crippen LogP contribution is 2.38. The van der Waals surface area contributed by atoms with Crippen molar-refractivity contribution in [2.75, 3.05) is 11.9 Å². The molecule has 1 amide bonds. The van der Waals surface area contributed by atoms with Gasteiger partial charge in [-0.2, -0.15) is 0 Å². The van der Waals surface area contributed by atoms with Crippen LogP contribution in [0.4, 0.5) is 5.82 Å². The summed E-state index contributed by atoms with van der Waals surface area (Å²) in [4.78, 5) is 33.5. The van der Waals surface area contributed by atoms with Crippen LogP contribution in [0.2, 0.25) is 0 Å². The molecule has 158 valence electrons. The Morgan fingerprint density at radius 1 is 1.03 bits per heavy atom. The van der Waals surface area contributed by atoms with E-state index in [2.05, 4.69) is 31.3 Å². The van der Waals surface area contributed by atoms with Gasteiger partial charge in [0.1, 0.15) is 11.5 Å². The highest BCUT2D eigenvalue weighted by molar-refractivity contribution is 5.99. The van der Waals surface area contributed by atoms with E-state index in [9.17, 15) is 4.79 Å². The van der Waals surface area contributed by atoms with E-state index in [0.29, 0.717) is 23.0 Å². The molecule has 2 aliphatic heterocycles. The van der Waals surface area contributed by atoms with Gasteiger partial charge in [0.15, 0.2) is 5.82 Å². The van der Waals surface area contributed by atoms with Crippen LogP contribution in [0.1, 0.15) is 40.7 Å². The zero-order chi connectivity index (χ0) is 21.4. The summed E-state index contributed by atoms with van der Waals surface area (Å²) in [5, 5.41) is 3.59. The number of nitrogens with one attached hydrogen (secondary N) is 1. The van der Waals surface area contributed by atoms with Gasteiger partial charge < -0.3 is 10.2 Å². The quantitative estimate of drug-likeness (QED) is 0.701. The van der Waals surface area contributed by atoms with Gasteiger partial charge in [-0.3, -0.25) is 9.78 Å². The van der Waals surface area contributed by atoms with Crippen molar-refractivity contribution in [3.05, 3.63) is 65.7 Å². The fourth-order valence-corrected chi connectivity index (χ4v) is 4.81. The van der Waals surface area contributed by atoms with Crippen molar-refractivity contribution in [2.45, 2.75) is 45.2 Å². The standard InChI is InChI=1S/C24H26N6O/c1-15-4-7-21(27-12-15)29-19-11-17-5-6-20(19)30(14-17)24(31)18-10-16(2)13-28-22(18)23-25-8-3-9-26-23/h3-4,7-10,12-13,17,19-20H,5-6,11,14H2,1-2H3,(H,27,29)/t17-,19-,20+/m1/s1. The molecule has 1 saturated carbocycles. The number of carbonyl (C=O) groups is 1. The van der Waals surface area contributed by atoms with E-state index in [0.717, 1.165) is 42.8 Å². The number of nitrogens with zero attached hydrogens (tertiary/aromatic N) is 5. The van der Waals surface area contributed by atoms with E-state index in [1.807, 2.05) is 37.1 Å². The summed E-state index contributed by atoms with van der Waals surface area (Å²) in [6.45, 7) is 4.77. The molecule has 3 aliphatic rings. The second-order valence-corrected chi connectivity index (χ2v) is 8.66. The van der Waals surface area contributed by atoms with Crippen LogP contribution in [-0.4, -0.2) is 49.4 Å². The van der Waals surface area contributed by atoms with Crippen LogP contribution in [0, 0.1) is 19.8 Å². The average molecular weight is 415 g/mol. The number of hydrogen-bond donors (Lipinski definition) is 1. The van der Waals surface area contributed by atoms with E-state index in [-0.39, 0.29) is 18.0 Å². The first kappa shape index (κ1) is 19.6. The summed E-state index contributed by atoms with van der Waals surface area (Å²) >= 11 is 0. The van der Waals surface area contributed by atoms with Crippen LogP contribution >= 0.6 is 0 Å². The fraction of sp³-hybridized carbons (Fsp3) is 0.375. The topological polar surface area (TPSA) is 83.9 Å². The van der Waals surface area contributed by atoms with Crippen LogP contribution in [-0.2, 0) is 0 Å².